The van der Waals surface area contributed by atoms with E-state index in [0.717, 1.165) is 0 Å². The molecule has 0 aliphatic carbocycles. The summed E-state index contributed by atoms with van der Waals surface area (Å²) >= 11 is 1.94. The number of aliphatic hydroxyl groups excluding tert-OH is 1. The number of rotatable bonds is 4. The number of nitrogens with zero attached hydrogens (tertiary/aromatic N) is 2. The van der Waals surface area contributed by atoms with Crippen molar-refractivity contribution >= 4 is 22.6 Å². The molecule has 0 amide bonds. The topological polar surface area (TPSA) is 67.2 Å². The highest BCUT2D eigenvalue weighted by atomic mass is 127. The minimum atomic E-state index is -0.605. The smallest absolute Gasteiger partial charge is 0.266 e. The quantitative estimate of drug-likeness (QED) is 0.780. The Morgan fingerprint density at radius 3 is 2.82 bits per heavy atom. The first-order valence-electron chi connectivity index (χ1n) is 5.42. The molecule has 0 aliphatic rings. The Balaban J connectivity index is 2.60. The standard InChI is InChI=1S/C11H18IN3O2/c1-11(2,3)14-4-8(16)6-15-7-13-5-9(12)10(15)17/h5,7-8,14,16H,4,6H2,1-3H3. The predicted molar refractivity (Wildman–Crippen MR) is 75.0 cm³/mol. The molecule has 5 nitrogen and oxygen atoms in total. The Labute approximate surface area is 114 Å². The largest absolute Gasteiger partial charge is 0.390 e. The molecule has 0 saturated heterocycles. The average Bonchev–Trinajstić information content (AvgIpc) is 2.21. The van der Waals surface area contributed by atoms with Gasteiger partial charge in [-0.05, 0) is 43.4 Å². The molecule has 1 heterocycles. The van der Waals surface area contributed by atoms with E-state index in [4.69, 9.17) is 0 Å². The summed E-state index contributed by atoms with van der Waals surface area (Å²) in [5.41, 5.74) is -0.162. The van der Waals surface area contributed by atoms with Crippen molar-refractivity contribution in [3.05, 3.63) is 26.4 Å². The number of hydrogen-bond acceptors (Lipinski definition) is 4. The van der Waals surface area contributed by atoms with Crippen LogP contribution >= 0.6 is 22.6 Å². The molecule has 0 saturated carbocycles. The van der Waals surface area contributed by atoms with Crippen LogP contribution in [0.2, 0.25) is 0 Å². The number of nitrogens with one attached hydrogen (secondary N) is 1. The molecule has 0 radical (unpaired) electrons. The Morgan fingerprint density at radius 2 is 2.24 bits per heavy atom. The van der Waals surface area contributed by atoms with Gasteiger partial charge >= 0.3 is 0 Å². The number of aromatic nitrogens is 2. The zero-order valence-corrected chi connectivity index (χ0v) is 12.4. The van der Waals surface area contributed by atoms with Gasteiger partial charge in [0.25, 0.3) is 5.56 Å². The van der Waals surface area contributed by atoms with Gasteiger partial charge in [0, 0.05) is 18.3 Å². The molecule has 1 rings (SSSR count). The van der Waals surface area contributed by atoms with Crippen LogP contribution in [0.3, 0.4) is 0 Å². The monoisotopic (exact) mass is 351 g/mol. The first-order valence-corrected chi connectivity index (χ1v) is 6.50. The van der Waals surface area contributed by atoms with Gasteiger partial charge in [-0.15, -0.1) is 0 Å². The lowest BCUT2D eigenvalue weighted by Crippen LogP contribution is -2.43. The van der Waals surface area contributed by atoms with E-state index in [1.54, 1.807) is 0 Å². The molecule has 0 spiro atoms. The zero-order chi connectivity index (χ0) is 13.1. The second-order valence-electron chi connectivity index (χ2n) is 4.98. The van der Waals surface area contributed by atoms with Crippen molar-refractivity contribution in [2.75, 3.05) is 6.54 Å². The number of aliphatic hydroxyl groups is 1. The van der Waals surface area contributed by atoms with Crippen LogP contribution in [0.5, 0.6) is 0 Å². The van der Waals surface area contributed by atoms with Gasteiger partial charge in [-0.25, -0.2) is 4.98 Å². The fraction of sp³-hybridized carbons (Fsp3) is 0.636. The Hall–Kier alpha value is -0.470. The fourth-order valence-electron chi connectivity index (χ4n) is 1.27. The van der Waals surface area contributed by atoms with E-state index in [-0.39, 0.29) is 17.6 Å². The van der Waals surface area contributed by atoms with Gasteiger partial charge in [0.15, 0.2) is 0 Å². The highest BCUT2D eigenvalue weighted by molar-refractivity contribution is 14.1. The van der Waals surface area contributed by atoms with Crippen molar-refractivity contribution in [2.24, 2.45) is 0 Å². The lowest BCUT2D eigenvalue weighted by molar-refractivity contribution is 0.140. The summed E-state index contributed by atoms with van der Waals surface area (Å²) in [4.78, 5) is 15.6. The second-order valence-corrected chi connectivity index (χ2v) is 6.15. The average molecular weight is 351 g/mol. The van der Waals surface area contributed by atoms with Crippen LogP contribution < -0.4 is 10.9 Å². The summed E-state index contributed by atoms with van der Waals surface area (Å²) < 4.78 is 1.98. The molecule has 2 N–H and O–H groups in total. The zero-order valence-electron chi connectivity index (χ0n) is 10.3. The highest BCUT2D eigenvalue weighted by Crippen LogP contribution is 1.99. The minimum absolute atomic E-state index is 0.0463. The molecule has 6 heteroatoms. The molecule has 1 unspecified atom stereocenters. The predicted octanol–water partition coefficient (Wildman–Crippen LogP) is 0.597. The summed E-state index contributed by atoms with van der Waals surface area (Å²) in [5, 5.41) is 13.0. The normalized spacial score (nSPS) is 13.7. The molecule has 0 fully saturated rings. The molecule has 1 aromatic heterocycles. The maximum atomic E-state index is 11.7. The van der Waals surface area contributed by atoms with Crippen LogP contribution in [0.4, 0.5) is 0 Å². The minimum Gasteiger partial charge on any atom is -0.390 e. The van der Waals surface area contributed by atoms with E-state index in [2.05, 4.69) is 10.3 Å². The highest BCUT2D eigenvalue weighted by Gasteiger charge is 2.13. The second kappa shape index (κ2) is 5.92. The van der Waals surface area contributed by atoms with E-state index >= 15 is 0 Å². The van der Waals surface area contributed by atoms with Crippen LogP contribution in [-0.4, -0.2) is 32.8 Å². The van der Waals surface area contributed by atoms with Gasteiger partial charge < -0.3 is 10.4 Å². The van der Waals surface area contributed by atoms with E-state index in [9.17, 15) is 9.90 Å². The Bertz CT molecular complexity index is 425. The lowest BCUT2D eigenvalue weighted by atomic mass is 10.1. The molecule has 96 valence electrons. The van der Waals surface area contributed by atoms with E-state index in [1.807, 2.05) is 43.4 Å². The summed E-state index contributed by atoms with van der Waals surface area (Å²) in [7, 11) is 0. The van der Waals surface area contributed by atoms with Crippen LogP contribution in [-0.2, 0) is 6.54 Å². The molecule has 0 aromatic carbocycles. The van der Waals surface area contributed by atoms with Crippen LogP contribution in [0.1, 0.15) is 20.8 Å². The molecular weight excluding hydrogens is 333 g/mol. The van der Waals surface area contributed by atoms with Gasteiger partial charge in [0.05, 0.1) is 22.5 Å². The molecular formula is C11H18IN3O2. The third-order valence-corrected chi connectivity index (χ3v) is 2.87. The first-order chi connectivity index (χ1) is 7.79. The summed E-state index contributed by atoms with van der Waals surface area (Å²) in [5.74, 6) is 0. The maximum Gasteiger partial charge on any atom is 0.266 e. The third-order valence-electron chi connectivity index (χ3n) is 2.13. The van der Waals surface area contributed by atoms with Crippen molar-refractivity contribution in [1.82, 2.24) is 14.9 Å². The molecule has 0 bridgehead atoms. The van der Waals surface area contributed by atoms with Crippen LogP contribution in [0, 0.1) is 3.57 Å². The number of β-amino-alcohol motifs (C(OH)–C–C–N with tert-alkyl or cyclic N) is 1. The number of halogens is 1. The van der Waals surface area contributed by atoms with E-state index < -0.39 is 6.10 Å². The molecule has 17 heavy (non-hydrogen) atoms. The molecule has 1 aromatic rings. The van der Waals surface area contributed by atoms with Gasteiger partial charge in [-0.3, -0.25) is 9.36 Å². The van der Waals surface area contributed by atoms with Gasteiger partial charge in [0.2, 0.25) is 0 Å². The molecule has 1 atom stereocenters. The van der Waals surface area contributed by atoms with Crippen molar-refractivity contribution in [2.45, 2.75) is 39.0 Å². The summed E-state index contributed by atoms with van der Waals surface area (Å²) in [6.07, 6.45) is 2.36. The van der Waals surface area contributed by atoms with Crippen molar-refractivity contribution < 1.29 is 5.11 Å². The van der Waals surface area contributed by atoms with Crippen LogP contribution in [0.25, 0.3) is 0 Å². The van der Waals surface area contributed by atoms with Crippen LogP contribution in [0.15, 0.2) is 17.3 Å². The SMILES string of the molecule is CC(C)(C)NCC(O)Cn1cncc(I)c1=O. The van der Waals surface area contributed by atoms with Gasteiger partial charge in [0.1, 0.15) is 0 Å². The Kier molecular flexibility index (Phi) is 5.08. The van der Waals surface area contributed by atoms with Gasteiger partial charge in [-0.2, -0.15) is 0 Å². The molecule has 0 aliphatic heterocycles. The lowest BCUT2D eigenvalue weighted by Gasteiger charge is -2.23. The summed E-state index contributed by atoms with van der Waals surface area (Å²) in [6, 6.07) is 0. The third kappa shape index (κ3) is 5.13. The van der Waals surface area contributed by atoms with E-state index in [0.29, 0.717) is 10.1 Å². The van der Waals surface area contributed by atoms with E-state index in [1.165, 1.54) is 17.1 Å². The first kappa shape index (κ1) is 14.6. The van der Waals surface area contributed by atoms with Gasteiger partial charge in [-0.1, -0.05) is 0 Å². The van der Waals surface area contributed by atoms with Crippen molar-refractivity contribution in [1.29, 1.82) is 0 Å². The maximum absolute atomic E-state index is 11.7. The summed E-state index contributed by atoms with van der Waals surface area (Å²) in [6.45, 7) is 6.78. The number of hydrogen-bond donors (Lipinski definition) is 2. The fourth-order valence-corrected chi connectivity index (χ4v) is 1.74. The Morgan fingerprint density at radius 1 is 1.59 bits per heavy atom. The van der Waals surface area contributed by atoms with Crippen molar-refractivity contribution in [3.63, 3.8) is 0 Å². The van der Waals surface area contributed by atoms with Crippen molar-refractivity contribution in [3.8, 4) is 0 Å².